The van der Waals surface area contributed by atoms with E-state index in [0.29, 0.717) is 33.2 Å². The van der Waals surface area contributed by atoms with Gasteiger partial charge in [0.05, 0.1) is 5.75 Å². The molecule has 2 aromatic heterocycles. The second-order valence-corrected chi connectivity index (χ2v) is 7.91. The second-order valence-electron chi connectivity index (χ2n) is 5.71. The van der Waals surface area contributed by atoms with Crippen molar-refractivity contribution in [1.29, 1.82) is 0 Å². The summed E-state index contributed by atoms with van der Waals surface area (Å²) in [6.07, 6.45) is 1.44. The highest BCUT2D eigenvalue weighted by Crippen LogP contribution is 2.28. The maximum Gasteiger partial charge on any atom is 0.349 e. The SMILES string of the molecule is CCC(=O)Nc1nnc(SCc2cc(=O)c(OC(=O)COc3ccccc3)co2)s1. The van der Waals surface area contributed by atoms with Crippen molar-refractivity contribution in [2.24, 2.45) is 0 Å². The highest BCUT2D eigenvalue weighted by Gasteiger charge is 2.13. The lowest BCUT2D eigenvalue weighted by Gasteiger charge is -2.06. The van der Waals surface area contributed by atoms with E-state index in [0.717, 1.165) is 6.26 Å². The van der Waals surface area contributed by atoms with Crippen molar-refractivity contribution in [1.82, 2.24) is 10.2 Å². The van der Waals surface area contributed by atoms with Crippen molar-refractivity contribution in [3.05, 3.63) is 58.6 Å². The molecule has 0 saturated heterocycles. The van der Waals surface area contributed by atoms with Gasteiger partial charge < -0.3 is 19.2 Å². The summed E-state index contributed by atoms with van der Waals surface area (Å²) < 4.78 is 16.2. The fourth-order valence-corrected chi connectivity index (χ4v) is 3.72. The molecule has 0 spiro atoms. The first-order valence-electron chi connectivity index (χ1n) is 8.80. The van der Waals surface area contributed by atoms with Crippen molar-refractivity contribution < 1.29 is 23.5 Å². The number of amides is 1. The van der Waals surface area contributed by atoms with Crippen molar-refractivity contribution in [3.63, 3.8) is 0 Å². The fourth-order valence-electron chi connectivity index (χ4n) is 2.06. The number of thioether (sulfide) groups is 1. The highest BCUT2D eigenvalue weighted by molar-refractivity contribution is 8.00. The van der Waals surface area contributed by atoms with E-state index in [1.54, 1.807) is 31.2 Å². The van der Waals surface area contributed by atoms with Gasteiger partial charge in [0, 0.05) is 12.5 Å². The number of nitrogens with zero attached hydrogens (tertiary/aromatic N) is 2. The molecule has 0 aliphatic carbocycles. The van der Waals surface area contributed by atoms with Crippen molar-refractivity contribution in [2.45, 2.75) is 23.4 Å². The van der Waals surface area contributed by atoms with Crippen LogP contribution in [-0.4, -0.2) is 28.7 Å². The van der Waals surface area contributed by atoms with Crippen molar-refractivity contribution in [3.8, 4) is 11.5 Å². The number of carbonyl (C=O) groups is 2. The van der Waals surface area contributed by atoms with Gasteiger partial charge in [-0.2, -0.15) is 0 Å². The lowest BCUT2D eigenvalue weighted by molar-refractivity contribution is -0.136. The molecule has 1 N–H and O–H groups in total. The molecule has 0 unspecified atom stereocenters. The number of benzene rings is 1. The lowest BCUT2D eigenvalue weighted by atomic mass is 10.3. The van der Waals surface area contributed by atoms with Gasteiger partial charge in [-0.3, -0.25) is 9.59 Å². The fraction of sp³-hybridized carbons (Fsp3) is 0.211. The van der Waals surface area contributed by atoms with Gasteiger partial charge in [0.15, 0.2) is 10.9 Å². The van der Waals surface area contributed by atoms with Gasteiger partial charge in [-0.15, -0.1) is 10.2 Å². The normalized spacial score (nSPS) is 10.4. The molecule has 0 atom stereocenters. The van der Waals surface area contributed by atoms with E-state index >= 15 is 0 Å². The largest absolute Gasteiger partial charge is 0.482 e. The number of aromatic nitrogens is 2. The van der Waals surface area contributed by atoms with Crippen LogP contribution in [0, 0.1) is 0 Å². The Hall–Kier alpha value is -3.18. The number of hydrogen-bond donors (Lipinski definition) is 1. The van der Waals surface area contributed by atoms with Crippen LogP contribution in [0.1, 0.15) is 19.1 Å². The number of ether oxygens (including phenoxy) is 2. The Balaban J connectivity index is 1.50. The Labute approximate surface area is 179 Å². The Morgan fingerprint density at radius 2 is 2.03 bits per heavy atom. The van der Waals surface area contributed by atoms with Crippen LogP contribution >= 0.6 is 23.1 Å². The third kappa shape index (κ3) is 6.42. The monoisotopic (exact) mass is 447 g/mol. The van der Waals surface area contributed by atoms with E-state index in [-0.39, 0.29) is 18.3 Å². The molecule has 1 aromatic carbocycles. The Morgan fingerprint density at radius 3 is 2.77 bits per heavy atom. The average Bonchev–Trinajstić information content (AvgIpc) is 3.20. The molecule has 0 aliphatic heterocycles. The molecule has 3 aromatic rings. The number of para-hydroxylation sites is 1. The summed E-state index contributed by atoms with van der Waals surface area (Å²) in [7, 11) is 0. The Kier molecular flexibility index (Phi) is 7.57. The van der Waals surface area contributed by atoms with Crippen LogP contribution in [-0.2, 0) is 15.3 Å². The molecule has 9 nitrogen and oxygen atoms in total. The summed E-state index contributed by atoms with van der Waals surface area (Å²) in [4.78, 5) is 35.4. The third-order valence-electron chi connectivity index (χ3n) is 3.49. The smallest absolute Gasteiger partial charge is 0.349 e. The molecular formula is C19H17N3O6S2. The van der Waals surface area contributed by atoms with Crippen molar-refractivity contribution in [2.75, 3.05) is 11.9 Å². The van der Waals surface area contributed by atoms with Gasteiger partial charge in [-0.1, -0.05) is 48.2 Å². The molecular weight excluding hydrogens is 430 g/mol. The number of rotatable bonds is 9. The molecule has 3 rings (SSSR count). The summed E-state index contributed by atoms with van der Waals surface area (Å²) >= 11 is 2.52. The maximum absolute atomic E-state index is 12.2. The van der Waals surface area contributed by atoms with Gasteiger partial charge in [0.25, 0.3) is 0 Å². The minimum Gasteiger partial charge on any atom is -0.482 e. The quantitative estimate of drug-likeness (QED) is 0.299. The molecule has 0 radical (unpaired) electrons. The molecule has 0 fully saturated rings. The first kappa shape index (κ1) is 21.5. The molecule has 0 bridgehead atoms. The van der Waals surface area contributed by atoms with E-state index in [2.05, 4.69) is 15.5 Å². The van der Waals surface area contributed by atoms with Crippen LogP contribution < -0.4 is 20.2 Å². The molecule has 156 valence electrons. The standard InChI is InChI=1S/C19H17N3O6S2/c1-2-16(24)20-18-21-22-19(30-18)29-11-13-8-14(23)15(9-26-13)28-17(25)10-27-12-6-4-3-5-7-12/h3-9H,2,10-11H2,1H3,(H,20,21,24). The van der Waals surface area contributed by atoms with E-state index in [9.17, 15) is 14.4 Å². The zero-order valence-electron chi connectivity index (χ0n) is 15.8. The molecule has 2 heterocycles. The number of anilines is 1. The van der Waals surface area contributed by atoms with Gasteiger partial charge >= 0.3 is 5.97 Å². The first-order valence-corrected chi connectivity index (χ1v) is 10.6. The minimum absolute atomic E-state index is 0.145. The number of nitrogens with one attached hydrogen (secondary N) is 1. The highest BCUT2D eigenvalue weighted by atomic mass is 32.2. The Morgan fingerprint density at radius 1 is 1.23 bits per heavy atom. The van der Waals surface area contributed by atoms with Crippen LogP contribution in [0.15, 0.2) is 56.2 Å². The molecule has 0 saturated carbocycles. The van der Waals surface area contributed by atoms with Gasteiger partial charge in [0.2, 0.25) is 22.2 Å². The number of esters is 1. The van der Waals surface area contributed by atoms with Gasteiger partial charge in [0.1, 0.15) is 17.8 Å². The van der Waals surface area contributed by atoms with Crippen LogP contribution in [0.5, 0.6) is 11.5 Å². The summed E-state index contributed by atoms with van der Waals surface area (Å²) in [5.41, 5.74) is -0.488. The van der Waals surface area contributed by atoms with Gasteiger partial charge in [-0.25, -0.2) is 4.79 Å². The topological polar surface area (TPSA) is 121 Å². The van der Waals surface area contributed by atoms with Gasteiger partial charge in [-0.05, 0) is 12.1 Å². The minimum atomic E-state index is -0.719. The Bertz CT molecular complexity index is 1070. The van der Waals surface area contributed by atoms with Crippen LogP contribution in [0.3, 0.4) is 0 Å². The van der Waals surface area contributed by atoms with Crippen LogP contribution in [0.2, 0.25) is 0 Å². The molecule has 1 amide bonds. The maximum atomic E-state index is 12.2. The second kappa shape index (κ2) is 10.6. The van der Waals surface area contributed by atoms with Crippen LogP contribution in [0.4, 0.5) is 5.13 Å². The summed E-state index contributed by atoms with van der Waals surface area (Å²) in [5.74, 6) is 0.127. The predicted molar refractivity (Wildman–Crippen MR) is 111 cm³/mol. The van der Waals surface area contributed by atoms with E-state index in [1.165, 1.54) is 29.2 Å². The lowest BCUT2D eigenvalue weighted by Crippen LogP contribution is -2.20. The predicted octanol–water partition coefficient (Wildman–Crippen LogP) is 3.12. The van der Waals surface area contributed by atoms with E-state index in [1.807, 2.05) is 6.07 Å². The molecule has 30 heavy (non-hydrogen) atoms. The van der Waals surface area contributed by atoms with E-state index in [4.69, 9.17) is 13.9 Å². The summed E-state index contributed by atoms with van der Waals surface area (Å²) in [5, 5.41) is 10.9. The molecule has 0 aliphatic rings. The van der Waals surface area contributed by atoms with E-state index < -0.39 is 11.4 Å². The number of carbonyl (C=O) groups excluding carboxylic acids is 2. The average molecular weight is 447 g/mol. The zero-order valence-corrected chi connectivity index (χ0v) is 17.5. The third-order valence-corrected chi connectivity index (χ3v) is 5.48. The summed E-state index contributed by atoms with van der Waals surface area (Å²) in [6.45, 7) is 1.40. The zero-order chi connectivity index (χ0) is 21.3. The van der Waals surface area contributed by atoms with Crippen LogP contribution in [0.25, 0.3) is 0 Å². The summed E-state index contributed by atoms with van der Waals surface area (Å²) in [6, 6.07) is 10.0. The van der Waals surface area contributed by atoms with Crippen molar-refractivity contribution >= 4 is 40.1 Å². The number of hydrogen-bond acceptors (Lipinski definition) is 10. The first-order chi connectivity index (χ1) is 14.5. The molecule has 11 heteroatoms.